The van der Waals surface area contributed by atoms with Crippen molar-refractivity contribution < 1.29 is 85.6 Å². The Morgan fingerprint density at radius 2 is 0.985 bits per heavy atom. The SMILES string of the molecule is CCCCCC(=O)OCCOCCOCCOCCOCCOCCOCCOCCOCCOCCOCCOCCCCCC(=O)Nc1cccc2c1C(=O)N(C1CCC(=O)NC1=O)C2=O. The molecule has 386 valence electrons. The van der Waals surface area contributed by atoms with Crippen LogP contribution in [0.5, 0.6) is 0 Å². The van der Waals surface area contributed by atoms with Gasteiger partial charge in [0.2, 0.25) is 17.7 Å². The number of hydrogen-bond donors (Lipinski definition) is 2. The van der Waals surface area contributed by atoms with Crippen LogP contribution in [0.25, 0.3) is 0 Å². The molecule has 21 nitrogen and oxygen atoms in total. The second kappa shape index (κ2) is 38.8. The molecular weight excluding hydrogens is 895 g/mol. The summed E-state index contributed by atoms with van der Waals surface area (Å²) in [5.74, 6) is -2.90. The fraction of sp³-hybridized carbons (Fsp3) is 0.745. The smallest absolute Gasteiger partial charge is 0.305 e. The van der Waals surface area contributed by atoms with Crippen molar-refractivity contribution in [1.29, 1.82) is 0 Å². The molecule has 2 aliphatic heterocycles. The molecule has 2 N–H and O–H groups in total. The molecule has 1 fully saturated rings. The summed E-state index contributed by atoms with van der Waals surface area (Å²) in [7, 11) is 0. The summed E-state index contributed by atoms with van der Waals surface area (Å²) in [5.41, 5.74) is 0.372. The predicted octanol–water partition coefficient (Wildman–Crippen LogP) is 2.89. The molecule has 1 atom stereocenters. The van der Waals surface area contributed by atoms with E-state index in [1.165, 1.54) is 6.07 Å². The van der Waals surface area contributed by atoms with E-state index in [1.807, 2.05) is 0 Å². The number of carbonyl (C=O) groups is 6. The lowest BCUT2D eigenvalue weighted by Crippen LogP contribution is -2.54. The maximum atomic E-state index is 13.2. The molecule has 1 unspecified atom stereocenters. The average molecular weight is 970 g/mol. The minimum atomic E-state index is -1.08. The standard InChI is InChI=1S/C47H75N3O18/c1-2-3-5-12-43(53)68-37-36-67-35-34-66-33-32-65-31-30-64-29-28-63-27-26-62-25-24-61-23-22-60-21-20-59-19-18-58-17-16-57-15-7-4-6-11-41(51)48-39-10-8-9-38-44(39)47(56)50(46(38)55)40-13-14-42(52)49-45(40)54/h8-10,40H,2-7,11-37H2,1H3,(H,48,51)(H,49,52,54). The molecule has 21 heteroatoms. The normalized spacial score (nSPS) is 14.7. The number of hydrogen-bond acceptors (Lipinski definition) is 18. The van der Waals surface area contributed by atoms with Gasteiger partial charge >= 0.3 is 5.97 Å². The molecule has 0 radical (unpaired) electrons. The molecule has 1 saturated heterocycles. The minimum absolute atomic E-state index is 0.0247. The largest absolute Gasteiger partial charge is 0.463 e. The van der Waals surface area contributed by atoms with Gasteiger partial charge in [-0.05, 0) is 37.8 Å². The molecule has 68 heavy (non-hydrogen) atoms. The van der Waals surface area contributed by atoms with Gasteiger partial charge in [0.1, 0.15) is 12.6 Å². The van der Waals surface area contributed by atoms with Gasteiger partial charge in [0, 0.05) is 25.9 Å². The Morgan fingerprint density at radius 3 is 1.44 bits per heavy atom. The van der Waals surface area contributed by atoms with Gasteiger partial charge in [0.25, 0.3) is 11.8 Å². The second-order valence-electron chi connectivity index (χ2n) is 15.4. The summed E-state index contributed by atoms with van der Waals surface area (Å²) < 4.78 is 65.5. The second-order valence-corrected chi connectivity index (χ2v) is 15.4. The third-order valence-corrected chi connectivity index (χ3v) is 10.1. The van der Waals surface area contributed by atoms with Crippen LogP contribution >= 0.6 is 0 Å². The zero-order chi connectivity index (χ0) is 48.7. The Balaban J connectivity index is 0.961. The first-order chi connectivity index (χ1) is 33.3. The highest BCUT2D eigenvalue weighted by atomic mass is 16.6. The monoisotopic (exact) mass is 970 g/mol. The van der Waals surface area contributed by atoms with Crippen molar-refractivity contribution in [2.24, 2.45) is 0 Å². The number of rotatable bonds is 45. The number of nitrogens with one attached hydrogen (secondary N) is 2. The third-order valence-electron chi connectivity index (χ3n) is 10.1. The van der Waals surface area contributed by atoms with Crippen LogP contribution in [0.4, 0.5) is 5.69 Å². The highest BCUT2D eigenvalue weighted by Gasteiger charge is 2.45. The van der Waals surface area contributed by atoms with E-state index >= 15 is 0 Å². The van der Waals surface area contributed by atoms with Crippen LogP contribution in [0.3, 0.4) is 0 Å². The van der Waals surface area contributed by atoms with Crippen molar-refractivity contribution in [2.45, 2.75) is 77.2 Å². The predicted molar refractivity (Wildman–Crippen MR) is 244 cm³/mol. The van der Waals surface area contributed by atoms with Crippen molar-refractivity contribution >= 4 is 41.2 Å². The number of fused-ring (bicyclic) bond motifs is 1. The van der Waals surface area contributed by atoms with Gasteiger partial charge in [-0.3, -0.25) is 39.0 Å². The Kier molecular flexibility index (Phi) is 33.3. The van der Waals surface area contributed by atoms with Crippen LogP contribution in [0, 0.1) is 0 Å². The molecule has 2 heterocycles. The van der Waals surface area contributed by atoms with Crippen LogP contribution in [-0.4, -0.2) is 198 Å². The van der Waals surface area contributed by atoms with Gasteiger partial charge in [-0.25, -0.2) is 0 Å². The Morgan fingerprint density at radius 1 is 0.544 bits per heavy atom. The first-order valence-corrected chi connectivity index (χ1v) is 24.0. The maximum absolute atomic E-state index is 13.2. The number of unbranched alkanes of at least 4 members (excludes halogenated alkanes) is 4. The molecule has 1 aromatic rings. The Hall–Kier alpha value is -4.00. The van der Waals surface area contributed by atoms with Gasteiger partial charge in [-0.2, -0.15) is 0 Å². The molecule has 5 amide bonds. The highest BCUT2D eigenvalue weighted by Crippen LogP contribution is 2.32. The van der Waals surface area contributed by atoms with E-state index in [0.29, 0.717) is 158 Å². The van der Waals surface area contributed by atoms with E-state index in [1.54, 1.807) is 12.1 Å². The van der Waals surface area contributed by atoms with Crippen molar-refractivity contribution in [3.63, 3.8) is 0 Å². The summed E-state index contributed by atoms with van der Waals surface area (Å²) in [5, 5.41) is 4.91. The number of carbonyl (C=O) groups excluding carboxylic acids is 6. The molecule has 0 aliphatic carbocycles. The van der Waals surface area contributed by atoms with E-state index in [-0.39, 0.29) is 54.6 Å². The number of imide groups is 2. The summed E-state index contributed by atoms with van der Waals surface area (Å²) in [6.45, 7) is 12.4. The van der Waals surface area contributed by atoms with E-state index in [2.05, 4.69) is 17.6 Å². The fourth-order valence-electron chi connectivity index (χ4n) is 6.61. The quantitative estimate of drug-likeness (QED) is 0.0543. The van der Waals surface area contributed by atoms with E-state index in [0.717, 1.165) is 37.0 Å². The number of ether oxygens (including phenoxy) is 12. The zero-order valence-corrected chi connectivity index (χ0v) is 39.9. The molecular formula is C47H75N3O18. The molecule has 2 aliphatic rings. The van der Waals surface area contributed by atoms with Gasteiger partial charge in [0.15, 0.2) is 0 Å². The van der Waals surface area contributed by atoms with E-state index in [9.17, 15) is 28.8 Å². The summed E-state index contributed by atoms with van der Waals surface area (Å²) in [4.78, 5) is 75.1. The average Bonchev–Trinajstić information content (AvgIpc) is 3.58. The van der Waals surface area contributed by atoms with Crippen LogP contribution in [-0.2, 0) is 76.0 Å². The Bertz CT molecular complexity index is 1580. The zero-order valence-electron chi connectivity index (χ0n) is 39.9. The fourth-order valence-corrected chi connectivity index (χ4v) is 6.61. The van der Waals surface area contributed by atoms with Gasteiger partial charge < -0.3 is 62.2 Å². The minimum Gasteiger partial charge on any atom is -0.463 e. The third kappa shape index (κ3) is 26.1. The molecule has 0 aromatic heterocycles. The first kappa shape index (κ1) is 58.3. The number of piperidine rings is 1. The number of anilines is 1. The molecule has 1 aromatic carbocycles. The molecule has 0 spiro atoms. The molecule has 3 rings (SSSR count). The lowest BCUT2D eigenvalue weighted by molar-refractivity contribution is -0.145. The van der Waals surface area contributed by atoms with Gasteiger partial charge in [0.05, 0.1) is 156 Å². The first-order valence-electron chi connectivity index (χ1n) is 24.0. The van der Waals surface area contributed by atoms with Crippen molar-refractivity contribution in [1.82, 2.24) is 10.2 Å². The highest BCUT2D eigenvalue weighted by molar-refractivity contribution is 6.26. The summed E-state index contributed by atoms with van der Waals surface area (Å²) in [6.07, 6.45) is 5.87. The number of benzene rings is 1. The van der Waals surface area contributed by atoms with Crippen LogP contribution in [0.2, 0.25) is 0 Å². The van der Waals surface area contributed by atoms with Gasteiger partial charge in [-0.1, -0.05) is 32.3 Å². The number of amides is 5. The lowest BCUT2D eigenvalue weighted by Gasteiger charge is -2.27. The topological polar surface area (TPSA) is 240 Å². The maximum Gasteiger partial charge on any atom is 0.305 e. The molecule has 0 saturated carbocycles. The Labute approximate surface area is 400 Å². The van der Waals surface area contributed by atoms with Crippen molar-refractivity contribution in [3.8, 4) is 0 Å². The van der Waals surface area contributed by atoms with E-state index < -0.39 is 29.7 Å². The van der Waals surface area contributed by atoms with E-state index in [4.69, 9.17) is 56.8 Å². The van der Waals surface area contributed by atoms with Crippen LogP contribution in [0.15, 0.2) is 18.2 Å². The molecule has 0 bridgehead atoms. The van der Waals surface area contributed by atoms with Crippen LogP contribution < -0.4 is 10.6 Å². The van der Waals surface area contributed by atoms with Crippen molar-refractivity contribution in [2.75, 3.05) is 157 Å². The summed E-state index contributed by atoms with van der Waals surface area (Å²) in [6, 6.07) is 3.52. The summed E-state index contributed by atoms with van der Waals surface area (Å²) >= 11 is 0. The van der Waals surface area contributed by atoms with Crippen LogP contribution in [0.1, 0.15) is 91.8 Å². The van der Waals surface area contributed by atoms with Crippen molar-refractivity contribution in [3.05, 3.63) is 29.3 Å². The van der Waals surface area contributed by atoms with Gasteiger partial charge in [-0.15, -0.1) is 0 Å². The number of nitrogens with zero attached hydrogens (tertiary/aromatic N) is 1. The number of esters is 1. The lowest BCUT2D eigenvalue weighted by atomic mass is 10.0.